The van der Waals surface area contributed by atoms with Gasteiger partial charge < -0.3 is 15.4 Å². The molecular formula is C18H23BrClIN4O. The first-order chi connectivity index (χ1) is 12.1. The number of pyridine rings is 1. The fourth-order valence-corrected chi connectivity index (χ4v) is 2.90. The third-order valence-corrected chi connectivity index (χ3v) is 4.32. The molecule has 2 rings (SSSR count). The quantitative estimate of drug-likeness (QED) is 0.231. The molecule has 1 heterocycles. The number of benzene rings is 1. The van der Waals surface area contributed by atoms with Crippen LogP contribution in [0.15, 0.2) is 46.0 Å². The summed E-state index contributed by atoms with van der Waals surface area (Å²) < 4.78 is 6.17. The number of rotatable bonds is 7. The molecule has 1 aromatic heterocycles. The van der Waals surface area contributed by atoms with Gasteiger partial charge in [0.2, 0.25) is 0 Å². The monoisotopic (exact) mass is 552 g/mol. The van der Waals surface area contributed by atoms with Crippen LogP contribution in [0.3, 0.4) is 0 Å². The fourth-order valence-electron chi connectivity index (χ4n) is 2.20. The number of nitrogens with one attached hydrogen (secondary N) is 2. The summed E-state index contributed by atoms with van der Waals surface area (Å²) in [6.07, 6.45) is 2.64. The average Bonchev–Trinajstić information content (AvgIpc) is 2.61. The second kappa shape index (κ2) is 12.3. The van der Waals surface area contributed by atoms with Gasteiger partial charge in [0.25, 0.3) is 0 Å². The molecule has 8 heteroatoms. The standard InChI is InChI=1S/C18H22BrClN4O.HI/c1-3-21-18(22-9-8-13-5-7-17(20)23-11-13)24-12-14-4-6-16(25-2)15(19)10-14;/h4-7,10-11H,3,8-9,12H2,1-2H3,(H2,21,22,24);1H. The second-order valence-electron chi connectivity index (χ2n) is 5.33. The summed E-state index contributed by atoms with van der Waals surface area (Å²) >= 11 is 9.30. The normalized spacial score (nSPS) is 10.8. The molecule has 0 aliphatic rings. The molecule has 0 aliphatic carbocycles. The Morgan fingerprint density at radius 3 is 2.62 bits per heavy atom. The van der Waals surface area contributed by atoms with Crippen molar-refractivity contribution >= 4 is 57.5 Å². The summed E-state index contributed by atoms with van der Waals surface area (Å²) in [4.78, 5) is 8.71. The van der Waals surface area contributed by atoms with Gasteiger partial charge in [-0.05, 0) is 58.6 Å². The zero-order valence-electron chi connectivity index (χ0n) is 14.8. The predicted octanol–water partition coefficient (Wildman–Crippen LogP) is 4.42. The summed E-state index contributed by atoms with van der Waals surface area (Å²) in [5.41, 5.74) is 2.23. The van der Waals surface area contributed by atoms with Gasteiger partial charge in [0.15, 0.2) is 5.96 Å². The molecule has 0 radical (unpaired) electrons. The first-order valence-electron chi connectivity index (χ1n) is 8.07. The van der Waals surface area contributed by atoms with Gasteiger partial charge in [-0.2, -0.15) is 0 Å². The largest absolute Gasteiger partial charge is 0.496 e. The van der Waals surface area contributed by atoms with E-state index in [0.717, 1.165) is 46.8 Å². The van der Waals surface area contributed by atoms with Crippen molar-refractivity contribution in [1.82, 2.24) is 15.6 Å². The van der Waals surface area contributed by atoms with Crippen molar-refractivity contribution in [1.29, 1.82) is 0 Å². The summed E-state index contributed by atoms with van der Waals surface area (Å²) in [6.45, 7) is 4.20. The lowest BCUT2D eigenvalue weighted by Crippen LogP contribution is -2.38. The third-order valence-electron chi connectivity index (χ3n) is 3.47. The maximum atomic E-state index is 5.80. The van der Waals surface area contributed by atoms with E-state index in [2.05, 4.69) is 36.5 Å². The summed E-state index contributed by atoms with van der Waals surface area (Å²) in [7, 11) is 1.65. The lowest BCUT2D eigenvalue weighted by Gasteiger charge is -2.11. The zero-order chi connectivity index (χ0) is 18.1. The van der Waals surface area contributed by atoms with Crippen LogP contribution in [-0.4, -0.2) is 31.1 Å². The molecule has 2 N–H and O–H groups in total. The number of aliphatic imine (C=N–C) groups is 1. The van der Waals surface area contributed by atoms with Gasteiger partial charge in [-0.3, -0.25) is 0 Å². The van der Waals surface area contributed by atoms with Crippen molar-refractivity contribution in [3.05, 3.63) is 57.3 Å². The Balaban J connectivity index is 0.00000338. The smallest absolute Gasteiger partial charge is 0.191 e. The van der Waals surface area contributed by atoms with Gasteiger partial charge in [-0.1, -0.05) is 23.7 Å². The van der Waals surface area contributed by atoms with E-state index < -0.39 is 0 Å². The lowest BCUT2D eigenvalue weighted by atomic mass is 10.2. The van der Waals surface area contributed by atoms with E-state index in [4.69, 9.17) is 16.3 Å². The minimum absolute atomic E-state index is 0. The highest BCUT2D eigenvalue weighted by Crippen LogP contribution is 2.25. The Labute approximate surface area is 185 Å². The molecule has 0 saturated carbocycles. The minimum atomic E-state index is 0. The number of hydrogen-bond acceptors (Lipinski definition) is 3. The van der Waals surface area contributed by atoms with Crippen LogP contribution in [0.25, 0.3) is 0 Å². The van der Waals surface area contributed by atoms with E-state index in [0.29, 0.717) is 11.7 Å². The van der Waals surface area contributed by atoms with Gasteiger partial charge in [-0.15, -0.1) is 24.0 Å². The second-order valence-corrected chi connectivity index (χ2v) is 6.57. The van der Waals surface area contributed by atoms with Crippen LogP contribution in [0.1, 0.15) is 18.1 Å². The molecule has 0 atom stereocenters. The van der Waals surface area contributed by atoms with Crippen molar-refractivity contribution < 1.29 is 4.74 Å². The number of ether oxygens (including phenoxy) is 1. The number of guanidine groups is 1. The van der Waals surface area contributed by atoms with Gasteiger partial charge in [0, 0.05) is 19.3 Å². The first-order valence-corrected chi connectivity index (χ1v) is 9.24. The van der Waals surface area contributed by atoms with Crippen molar-refractivity contribution in [2.75, 3.05) is 20.2 Å². The highest BCUT2D eigenvalue weighted by atomic mass is 127. The van der Waals surface area contributed by atoms with Crippen molar-refractivity contribution in [3.8, 4) is 5.75 Å². The molecule has 26 heavy (non-hydrogen) atoms. The number of methoxy groups -OCH3 is 1. The maximum Gasteiger partial charge on any atom is 0.191 e. The van der Waals surface area contributed by atoms with Crippen LogP contribution in [-0.2, 0) is 13.0 Å². The number of hydrogen-bond donors (Lipinski definition) is 2. The average molecular weight is 554 g/mol. The van der Waals surface area contributed by atoms with Crippen molar-refractivity contribution in [2.24, 2.45) is 4.99 Å². The van der Waals surface area contributed by atoms with Crippen LogP contribution in [0.5, 0.6) is 5.75 Å². The molecule has 0 unspecified atom stereocenters. The number of nitrogens with zero attached hydrogens (tertiary/aromatic N) is 2. The molecule has 1 aromatic carbocycles. The highest BCUT2D eigenvalue weighted by molar-refractivity contribution is 14.0. The Bertz CT molecular complexity index is 713. The van der Waals surface area contributed by atoms with E-state index in [-0.39, 0.29) is 24.0 Å². The molecule has 0 amide bonds. The molecule has 5 nitrogen and oxygen atoms in total. The zero-order valence-corrected chi connectivity index (χ0v) is 19.4. The van der Waals surface area contributed by atoms with Crippen LogP contribution in [0.4, 0.5) is 0 Å². The summed E-state index contributed by atoms with van der Waals surface area (Å²) in [5.74, 6) is 1.60. The Kier molecular flexibility index (Phi) is 10.9. The first kappa shape index (κ1) is 23.0. The van der Waals surface area contributed by atoms with Gasteiger partial charge in [0.05, 0.1) is 18.1 Å². The van der Waals surface area contributed by atoms with Gasteiger partial charge in [-0.25, -0.2) is 9.98 Å². The number of halogens is 3. The van der Waals surface area contributed by atoms with Crippen LogP contribution >= 0.6 is 51.5 Å². The van der Waals surface area contributed by atoms with Crippen LogP contribution in [0.2, 0.25) is 5.15 Å². The van der Waals surface area contributed by atoms with E-state index in [1.165, 1.54) is 0 Å². The summed E-state index contributed by atoms with van der Waals surface area (Å²) in [6, 6.07) is 9.75. The fraction of sp³-hybridized carbons (Fsp3) is 0.333. The van der Waals surface area contributed by atoms with Crippen molar-refractivity contribution in [3.63, 3.8) is 0 Å². The maximum absolute atomic E-state index is 5.80. The van der Waals surface area contributed by atoms with E-state index in [9.17, 15) is 0 Å². The summed E-state index contributed by atoms with van der Waals surface area (Å²) in [5, 5.41) is 7.10. The predicted molar refractivity (Wildman–Crippen MR) is 122 cm³/mol. The van der Waals surface area contributed by atoms with Crippen molar-refractivity contribution in [2.45, 2.75) is 19.9 Å². The van der Waals surface area contributed by atoms with E-state index in [1.54, 1.807) is 19.4 Å². The molecule has 2 aromatic rings. The number of aromatic nitrogens is 1. The molecule has 0 saturated heterocycles. The van der Waals surface area contributed by atoms with E-state index in [1.807, 2.05) is 31.2 Å². The highest BCUT2D eigenvalue weighted by Gasteiger charge is 2.02. The molecule has 0 fully saturated rings. The van der Waals surface area contributed by atoms with Crippen LogP contribution < -0.4 is 15.4 Å². The lowest BCUT2D eigenvalue weighted by molar-refractivity contribution is 0.412. The molecule has 0 bridgehead atoms. The minimum Gasteiger partial charge on any atom is -0.496 e. The molecular weight excluding hydrogens is 530 g/mol. The molecule has 142 valence electrons. The SMILES string of the molecule is CCNC(=NCc1ccc(OC)c(Br)c1)NCCc1ccc(Cl)nc1.I. The van der Waals surface area contributed by atoms with Gasteiger partial charge >= 0.3 is 0 Å². The Hall–Kier alpha value is -1.06. The van der Waals surface area contributed by atoms with Crippen LogP contribution in [0, 0.1) is 0 Å². The molecule has 0 spiro atoms. The Morgan fingerprint density at radius 1 is 1.23 bits per heavy atom. The molecule has 0 aliphatic heterocycles. The van der Waals surface area contributed by atoms with E-state index >= 15 is 0 Å². The van der Waals surface area contributed by atoms with Gasteiger partial charge in [0.1, 0.15) is 10.9 Å². The Morgan fingerprint density at radius 2 is 2.00 bits per heavy atom. The topological polar surface area (TPSA) is 58.5 Å². The third kappa shape index (κ3) is 7.67.